The summed E-state index contributed by atoms with van der Waals surface area (Å²) in [6.45, 7) is 20.1. The third-order valence-corrected chi connectivity index (χ3v) is 13.4. The second-order valence-electron chi connectivity index (χ2n) is 14.9. The number of rotatable bonds is 2. The van der Waals surface area contributed by atoms with E-state index in [2.05, 4.69) is 55.4 Å². The molecular weight excluding hydrogens is 404 g/mol. The lowest BCUT2D eigenvalue weighted by molar-refractivity contribution is -0.220. The van der Waals surface area contributed by atoms with Gasteiger partial charge in [0.25, 0.3) is 0 Å². The van der Waals surface area contributed by atoms with E-state index in [1.54, 1.807) is 0 Å². The predicted octanol–water partition coefficient (Wildman–Crippen LogP) is 7.60. The average molecular weight is 455 g/mol. The first kappa shape index (κ1) is 24.1. The van der Waals surface area contributed by atoms with Crippen LogP contribution in [0.2, 0.25) is 0 Å². The highest BCUT2D eigenvalue weighted by atomic mass is 16.3. The van der Waals surface area contributed by atoms with Gasteiger partial charge < -0.3 is 5.11 Å². The molecule has 186 valence electrons. The fourth-order valence-electron chi connectivity index (χ4n) is 11.1. The Hall–Kier alpha value is -0.630. The van der Waals surface area contributed by atoms with Crippen molar-refractivity contribution >= 4 is 5.78 Å². The van der Waals surface area contributed by atoms with E-state index in [1.165, 1.54) is 50.5 Å². The molecule has 5 aliphatic carbocycles. The minimum absolute atomic E-state index is 0.156. The molecule has 0 aliphatic heterocycles. The maximum Gasteiger partial charge on any atom is 0.160 e. The fraction of sp³-hybridized carbons (Fsp3) is 0.903. The Kier molecular flexibility index (Phi) is 5.26. The van der Waals surface area contributed by atoms with Crippen LogP contribution < -0.4 is 0 Å². The number of ketones is 1. The van der Waals surface area contributed by atoms with Crippen molar-refractivity contribution in [3.8, 4) is 0 Å². The van der Waals surface area contributed by atoms with Crippen LogP contribution in [0.4, 0.5) is 0 Å². The molecule has 0 aromatic heterocycles. The summed E-state index contributed by atoms with van der Waals surface area (Å²) in [6, 6.07) is 0. The number of Topliss-reactive ketones (excluding diaryl/α,β-unsaturated/α-hetero) is 1. The van der Waals surface area contributed by atoms with E-state index in [-0.39, 0.29) is 23.4 Å². The predicted molar refractivity (Wildman–Crippen MR) is 136 cm³/mol. The van der Waals surface area contributed by atoms with E-state index in [9.17, 15) is 9.90 Å². The highest BCUT2D eigenvalue weighted by Crippen LogP contribution is 2.76. The molecule has 1 N–H and O–H groups in total. The maximum absolute atomic E-state index is 13.3. The maximum atomic E-state index is 13.3. The molecule has 8 atom stereocenters. The minimum Gasteiger partial charge on any atom is -0.395 e. The summed E-state index contributed by atoms with van der Waals surface area (Å²) in [5.74, 6) is 3.49. The summed E-state index contributed by atoms with van der Waals surface area (Å²) in [5, 5.41) is 10.6. The number of aliphatic hydroxyl groups excluding tert-OH is 1. The number of fused-ring (bicyclic) bond motifs is 7. The fourth-order valence-corrected chi connectivity index (χ4v) is 11.1. The lowest BCUT2D eigenvalue weighted by Crippen LogP contribution is -2.65. The molecule has 0 heterocycles. The molecule has 0 radical (unpaired) electrons. The molecule has 0 saturated heterocycles. The molecule has 0 aromatic carbocycles. The normalized spacial score (nSPS) is 51.2. The lowest BCUT2D eigenvalue weighted by Gasteiger charge is -2.72. The lowest BCUT2D eigenvalue weighted by atomic mass is 9.32. The van der Waals surface area contributed by atoms with E-state index < -0.39 is 0 Å². The van der Waals surface area contributed by atoms with Gasteiger partial charge in [-0.15, -0.1) is 0 Å². The van der Waals surface area contributed by atoms with Gasteiger partial charge in [0.15, 0.2) is 5.78 Å². The van der Waals surface area contributed by atoms with Gasteiger partial charge in [-0.2, -0.15) is 0 Å². The van der Waals surface area contributed by atoms with Crippen molar-refractivity contribution in [1.29, 1.82) is 0 Å². The number of hydrogen-bond acceptors (Lipinski definition) is 2. The molecule has 2 nitrogen and oxygen atoms in total. The quantitative estimate of drug-likeness (QED) is 0.466. The first-order valence-electron chi connectivity index (χ1n) is 14.2. The molecule has 0 aromatic rings. The van der Waals surface area contributed by atoms with Crippen LogP contribution in [0, 0.1) is 56.7 Å². The van der Waals surface area contributed by atoms with Crippen LogP contribution in [-0.2, 0) is 4.79 Å². The van der Waals surface area contributed by atoms with Crippen molar-refractivity contribution in [2.45, 2.75) is 113 Å². The number of carbonyl (C=O) groups is 1. The molecule has 0 spiro atoms. The summed E-state index contributed by atoms with van der Waals surface area (Å²) in [6.07, 6.45) is 10.7. The Morgan fingerprint density at radius 2 is 1.58 bits per heavy atom. The molecular formula is C31H50O2. The zero-order valence-electron chi connectivity index (χ0n) is 22.8. The third kappa shape index (κ3) is 2.80. The number of carbonyl (C=O) groups excluding carboxylic acids is 1. The monoisotopic (exact) mass is 454 g/mol. The second kappa shape index (κ2) is 7.21. The van der Waals surface area contributed by atoms with Crippen LogP contribution in [0.3, 0.4) is 0 Å². The van der Waals surface area contributed by atoms with Gasteiger partial charge in [0, 0.05) is 11.8 Å². The molecule has 5 rings (SSSR count). The van der Waals surface area contributed by atoms with E-state index in [4.69, 9.17) is 0 Å². The highest BCUT2D eigenvalue weighted by molar-refractivity contribution is 6.00. The van der Waals surface area contributed by atoms with E-state index in [0.717, 1.165) is 29.7 Å². The van der Waals surface area contributed by atoms with Crippen molar-refractivity contribution in [1.82, 2.24) is 0 Å². The van der Waals surface area contributed by atoms with E-state index >= 15 is 0 Å². The smallest absolute Gasteiger partial charge is 0.160 e. The first-order valence-corrected chi connectivity index (χ1v) is 14.2. The van der Waals surface area contributed by atoms with Crippen LogP contribution in [0.5, 0.6) is 0 Å². The van der Waals surface area contributed by atoms with Crippen molar-refractivity contribution in [2.75, 3.05) is 6.61 Å². The number of hydrogen-bond donors (Lipinski definition) is 1. The van der Waals surface area contributed by atoms with Gasteiger partial charge >= 0.3 is 0 Å². The van der Waals surface area contributed by atoms with Crippen LogP contribution in [0.1, 0.15) is 113 Å². The molecule has 2 heteroatoms. The van der Waals surface area contributed by atoms with Gasteiger partial charge in [-0.25, -0.2) is 0 Å². The molecule has 4 fully saturated rings. The van der Waals surface area contributed by atoms with Crippen LogP contribution in [0.15, 0.2) is 11.1 Å². The Labute approximate surface area is 203 Å². The number of allylic oxidation sites excluding steroid dienone is 1. The summed E-state index contributed by atoms with van der Waals surface area (Å²) < 4.78 is 0. The molecule has 0 bridgehead atoms. The van der Waals surface area contributed by atoms with Crippen LogP contribution >= 0.6 is 0 Å². The summed E-state index contributed by atoms with van der Waals surface area (Å²) >= 11 is 0. The highest BCUT2D eigenvalue weighted by Gasteiger charge is 2.69. The SMILES string of the molecule is CC(C)C1=C2C3CCC4[C@@]5(C)CC[C@H](C)C(C)(C)C5CC[C@@]4(C)[C@]3(C)CC[C@@]2(CO)CC1=O. The van der Waals surface area contributed by atoms with Gasteiger partial charge in [-0.3, -0.25) is 4.79 Å². The Morgan fingerprint density at radius 1 is 0.879 bits per heavy atom. The molecule has 5 aliphatic rings. The standard InChI is InChI=1S/C31H50O2/c1-19(2)25-22(33)17-31(18-32)16-15-29(7)21(26(25)31)9-10-24-28(6)13-11-20(3)27(4,5)23(28)12-14-30(24,29)8/h19-21,23-24,32H,9-18H2,1-8H3/t20-,21?,23?,24?,28-,29+,30+,31-/m0/s1. The van der Waals surface area contributed by atoms with Gasteiger partial charge in [0.1, 0.15) is 0 Å². The molecule has 4 saturated carbocycles. The van der Waals surface area contributed by atoms with Crippen molar-refractivity contribution in [3.63, 3.8) is 0 Å². The Balaban J connectivity index is 1.60. The van der Waals surface area contributed by atoms with Crippen molar-refractivity contribution in [3.05, 3.63) is 11.1 Å². The molecule has 33 heavy (non-hydrogen) atoms. The summed E-state index contributed by atoms with van der Waals surface area (Å²) in [7, 11) is 0. The second-order valence-corrected chi connectivity index (χ2v) is 14.9. The first-order chi connectivity index (χ1) is 15.3. The molecule has 0 amide bonds. The van der Waals surface area contributed by atoms with Crippen LogP contribution in [-0.4, -0.2) is 17.5 Å². The summed E-state index contributed by atoms with van der Waals surface area (Å²) in [4.78, 5) is 13.3. The zero-order chi connectivity index (χ0) is 24.2. The topological polar surface area (TPSA) is 37.3 Å². The van der Waals surface area contributed by atoms with Crippen molar-refractivity contribution in [2.24, 2.45) is 56.7 Å². The zero-order valence-corrected chi connectivity index (χ0v) is 22.8. The van der Waals surface area contributed by atoms with Gasteiger partial charge in [0.2, 0.25) is 0 Å². The minimum atomic E-state index is -0.257. The van der Waals surface area contributed by atoms with Crippen LogP contribution in [0.25, 0.3) is 0 Å². The van der Waals surface area contributed by atoms with E-state index in [1.807, 2.05) is 0 Å². The van der Waals surface area contributed by atoms with E-state index in [0.29, 0.717) is 34.4 Å². The van der Waals surface area contributed by atoms with Gasteiger partial charge in [0.05, 0.1) is 6.61 Å². The average Bonchev–Trinajstić information content (AvgIpc) is 3.04. The third-order valence-electron chi connectivity index (χ3n) is 13.4. The summed E-state index contributed by atoms with van der Waals surface area (Å²) in [5.41, 5.74) is 3.68. The Bertz CT molecular complexity index is 881. The van der Waals surface area contributed by atoms with Gasteiger partial charge in [-0.05, 0) is 108 Å². The van der Waals surface area contributed by atoms with Gasteiger partial charge in [-0.1, -0.05) is 61.0 Å². The molecule has 3 unspecified atom stereocenters. The van der Waals surface area contributed by atoms with Crippen molar-refractivity contribution < 1.29 is 9.90 Å². The number of aliphatic hydroxyl groups is 1. The Morgan fingerprint density at radius 3 is 2.21 bits per heavy atom. The largest absolute Gasteiger partial charge is 0.395 e.